The van der Waals surface area contributed by atoms with Gasteiger partial charge in [0.2, 0.25) is 0 Å². The topological polar surface area (TPSA) is 94.0 Å². The molecule has 2 aromatic rings. The number of carbonyl (C=O) groups is 1. The number of imidazole rings is 1. The number of carboxylic acids is 1. The van der Waals surface area contributed by atoms with Crippen molar-refractivity contribution < 1.29 is 9.90 Å². The van der Waals surface area contributed by atoms with Gasteiger partial charge in [0.25, 0.3) is 0 Å². The van der Waals surface area contributed by atoms with Crippen LogP contribution in [0.1, 0.15) is 11.7 Å². The minimum atomic E-state index is -1.09. The molecule has 2 rings (SSSR count). The van der Waals surface area contributed by atoms with Gasteiger partial charge >= 0.3 is 5.97 Å². The van der Waals surface area contributed by atoms with Crippen molar-refractivity contribution in [2.75, 3.05) is 0 Å². The van der Waals surface area contributed by atoms with Crippen LogP contribution in [0.15, 0.2) is 17.8 Å². The SMILES string of the molecule is Cn1ccnc1-c1nc(C(N)C(=O)O)cs1. The number of aliphatic carboxylic acids is 1. The Kier molecular flexibility index (Phi) is 2.71. The molecule has 84 valence electrons. The number of hydrogen-bond donors (Lipinski definition) is 2. The van der Waals surface area contributed by atoms with Crippen molar-refractivity contribution in [3.05, 3.63) is 23.5 Å². The molecule has 0 aliphatic rings. The maximum Gasteiger partial charge on any atom is 0.326 e. The highest BCUT2D eigenvalue weighted by molar-refractivity contribution is 7.13. The molecule has 0 aliphatic carbocycles. The minimum absolute atomic E-state index is 0.357. The van der Waals surface area contributed by atoms with E-state index in [1.165, 1.54) is 11.3 Å². The first-order valence-electron chi connectivity index (χ1n) is 4.51. The van der Waals surface area contributed by atoms with Gasteiger partial charge in [-0.2, -0.15) is 0 Å². The number of nitrogens with two attached hydrogens (primary N) is 1. The molecule has 6 nitrogen and oxygen atoms in total. The molecule has 0 amide bonds. The van der Waals surface area contributed by atoms with Crippen LogP contribution in [-0.4, -0.2) is 25.6 Å². The molecule has 7 heteroatoms. The van der Waals surface area contributed by atoms with E-state index in [0.29, 0.717) is 16.5 Å². The van der Waals surface area contributed by atoms with Crippen LogP contribution in [0, 0.1) is 0 Å². The van der Waals surface area contributed by atoms with Crippen LogP contribution in [0.2, 0.25) is 0 Å². The summed E-state index contributed by atoms with van der Waals surface area (Å²) in [5, 5.41) is 11.1. The van der Waals surface area contributed by atoms with Crippen molar-refractivity contribution in [3.8, 4) is 10.8 Å². The monoisotopic (exact) mass is 238 g/mol. The molecule has 0 radical (unpaired) electrons. The van der Waals surface area contributed by atoms with Gasteiger partial charge in [-0.25, -0.2) is 9.97 Å². The molecule has 0 aromatic carbocycles. The van der Waals surface area contributed by atoms with E-state index < -0.39 is 12.0 Å². The Morgan fingerprint density at radius 1 is 1.69 bits per heavy atom. The van der Waals surface area contributed by atoms with Crippen molar-refractivity contribution >= 4 is 17.3 Å². The molecule has 16 heavy (non-hydrogen) atoms. The molecule has 2 aromatic heterocycles. The van der Waals surface area contributed by atoms with E-state index >= 15 is 0 Å². The maximum absolute atomic E-state index is 10.7. The molecule has 0 saturated carbocycles. The minimum Gasteiger partial charge on any atom is -0.480 e. The second kappa shape index (κ2) is 4.03. The van der Waals surface area contributed by atoms with E-state index in [-0.39, 0.29) is 0 Å². The third kappa shape index (κ3) is 1.82. The molecule has 0 aliphatic heterocycles. The van der Waals surface area contributed by atoms with Gasteiger partial charge in [0, 0.05) is 24.8 Å². The third-order valence-electron chi connectivity index (χ3n) is 2.12. The lowest BCUT2D eigenvalue weighted by atomic mass is 10.2. The molecule has 0 spiro atoms. The van der Waals surface area contributed by atoms with Gasteiger partial charge in [0.05, 0.1) is 5.69 Å². The number of rotatable bonds is 3. The molecular formula is C9H10N4O2S. The van der Waals surface area contributed by atoms with E-state index in [9.17, 15) is 4.79 Å². The Balaban J connectivity index is 2.33. The summed E-state index contributed by atoms with van der Waals surface area (Å²) in [5.74, 6) is -0.384. The van der Waals surface area contributed by atoms with Gasteiger partial charge < -0.3 is 15.4 Å². The van der Waals surface area contributed by atoms with E-state index in [4.69, 9.17) is 10.8 Å². The fourth-order valence-corrected chi connectivity index (χ4v) is 2.12. The zero-order valence-electron chi connectivity index (χ0n) is 8.49. The van der Waals surface area contributed by atoms with Crippen molar-refractivity contribution in [2.24, 2.45) is 12.8 Å². The highest BCUT2D eigenvalue weighted by Gasteiger charge is 2.19. The lowest BCUT2D eigenvalue weighted by molar-refractivity contribution is -0.138. The number of thiazole rings is 1. The van der Waals surface area contributed by atoms with Crippen molar-refractivity contribution in [1.82, 2.24) is 14.5 Å². The molecular weight excluding hydrogens is 228 g/mol. The summed E-state index contributed by atoms with van der Waals surface area (Å²) in [4.78, 5) is 19.0. The zero-order valence-corrected chi connectivity index (χ0v) is 9.31. The largest absolute Gasteiger partial charge is 0.480 e. The summed E-state index contributed by atoms with van der Waals surface area (Å²) >= 11 is 1.33. The van der Waals surface area contributed by atoms with Crippen LogP contribution in [0.25, 0.3) is 10.8 Å². The summed E-state index contributed by atoms with van der Waals surface area (Å²) in [6.45, 7) is 0. The molecule has 1 atom stereocenters. The Labute approximate surface area is 95.4 Å². The molecule has 0 bridgehead atoms. The smallest absolute Gasteiger partial charge is 0.326 e. The number of aryl methyl sites for hydroxylation is 1. The van der Waals surface area contributed by atoms with Crippen LogP contribution >= 0.6 is 11.3 Å². The van der Waals surface area contributed by atoms with Gasteiger partial charge in [-0.1, -0.05) is 0 Å². The van der Waals surface area contributed by atoms with Crippen LogP contribution in [0.4, 0.5) is 0 Å². The van der Waals surface area contributed by atoms with Crippen molar-refractivity contribution in [2.45, 2.75) is 6.04 Å². The second-order valence-electron chi connectivity index (χ2n) is 3.26. The zero-order chi connectivity index (χ0) is 11.7. The van der Waals surface area contributed by atoms with E-state index in [0.717, 1.165) is 0 Å². The Bertz CT molecular complexity index is 519. The number of hydrogen-bond acceptors (Lipinski definition) is 5. The average molecular weight is 238 g/mol. The van der Waals surface area contributed by atoms with E-state index in [2.05, 4.69) is 9.97 Å². The summed E-state index contributed by atoms with van der Waals surface area (Å²) in [7, 11) is 1.85. The number of nitrogens with zero attached hydrogens (tertiary/aromatic N) is 3. The first-order chi connectivity index (χ1) is 7.59. The first-order valence-corrected chi connectivity index (χ1v) is 5.39. The van der Waals surface area contributed by atoms with Crippen LogP contribution in [-0.2, 0) is 11.8 Å². The number of carboxylic acid groups (broad SMARTS) is 1. The van der Waals surface area contributed by atoms with E-state index in [1.807, 2.05) is 11.6 Å². The summed E-state index contributed by atoms with van der Waals surface area (Å²) in [5.41, 5.74) is 5.82. The van der Waals surface area contributed by atoms with E-state index in [1.54, 1.807) is 17.8 Å². The molecule has 0 saturated heterocycles. The fourth-order valence-electron chi connectivity index (χ4n) is 1.23. The quantitative estimate of drug-likeness (QED) is 0.817. The third-order valence-corrected chi connectivity index (χ3v) is 2.98. The van der Waals surface area contributed by atoms with Crippen LogP contribution < -0.4 is 5.73 Å². The molecule has 3 N–H and O–H groups in total. The second-order valence-corrected chi connectivity index (χ2v) is 4.11. The highest BCUT2D eigenvalue weighted by Crippen LogP contribution is 2.23. The number of aromatic nitrogens is 3. The summed E-state index contributed by atoms with van der Waals surface area (Å²) in [6, 6.07) is -1.08. The van der Waals surface area contributed by atoms with Crippen LogP contribution in [0.5, 0.6) is 0 Å². The highest BCUT2D eigenvalue weighted by atomic mass is 32.1. The van der Waals surface area contributed by atoms with Gasteiger partial charge in [-0.3, -0.25) is 4.79 Å². The van der Waals surface area contributed by atoms with Gasteiger partial charge in [0.1, 0.15) is 6.04 Å². The Morgan fingerprint density at radius 2 is 2.44 bits per heavy atom. The van der Waals surface area contributed by atoms with Gasteiger partial charge in [-0.15, -0.1) is 11.3 Å². The van der Waals surface area contributed by atoms with Crippen molar-refractivity contribution in [1.29, 1.82) is 0 Å². The first kappa shape index (κ1) is 10.8. The predicted octanol–water partition coefficient (Wildman–Crippen LogP) is 0.628. The standard InChI is InChI=1S/C9H10N4O2S/c1-13-3-2-11-7(13)8-12-5(4-16-8)6(10)9(14)15/h2-4,6H,10H2,1H3,(H,14,15). The molecule has 0 fully saturated rings. The Hall–Kier alpha value is -1.73. The average Bonchev–Trinajstić information content (AvgIpc) is 2.84. The van der Waals surface area contributed by atoms with Gasteiger partial charge in [-0.05, 0) is 0 Å². The maximum atomic E-state index is 10.7. The van der Waals surface area contributed by atoms with Gasteiger partial charge in [0.15, 0.2) is 10.8 Å². The fraction of sp³-hybridized carbons (Fsp3) is 0.222. The lowest BCUT2D eigenvalue weighted by Crippen LogP contribution is -2.20. The molecule has 2 heterocycles. The normalized spacial score (nSPS) is 12.6. The van der Waals surface area contributed by atoms with Crippen LogP contribution in [0.3, 0.4) is 0 Å². The summed E-state index contributed by atoms with van der Waals surface area (Å²) in [6.07, 6.45) is 3.46. The summed E-state index contributed by atoms with van der Waals surface area (Å²) < 4.78 is 1.81. The van der Waals surface area contributed by atoms with Crippen molar-refractivity contribution in [3.63, 3.8) is 0 Å². The molecule has 1 unspecified atom stereocenters. The lowest BCUT2D eigenvalue weighted by Gasteiger charge is -2.00. The predicted molar refractivity (Wildman–Crippen MR) is 58.9 cm³/mol. The Morgan fingerprint density at radius 3 is 3.00 bits per heavy atom.